The molecular weight excluding hydrogens is 298 g/mol. The van der Waals surface area contributed by atoms with Crippen molar-refractivity contribution in [1.29, 1.82) is 0 Å². The molecule has 19 heavy (non-hydrogen) atoms. The predicted octanol–water partition coefficient (Wildman–Crippen LogP) is 4.78. The molecule has 1 saturated carbocycles. The molecule has 0 aromatic heterocycles. The molecule has 0 radical (unpaired) electrons. The normalized spacial score (nSPS) is 16.6. The molecule has 0 saturated heterocycles. The molecule has 1 aromatic carbocycles. The number of nitrogens with one attached hydrogen (secondary N) is 1. The van der Waals surface area contributed by atoms with Crippen molar-refractivity contribution in [3.8, 4) is 0 Å². The van der Waals surface area contributed by atoms with Crippen LogP contribution in [0.3, 0.4) is 0 Å². The smallest absolute Gasteiger partial charge is 0.0207 e. The Kier molecular flexibility index (Phi) is 5.47. The third-order valence-electron chi connectivity index (χ3n) is 4.17. The van der Waals surface area contributed by atoms with Gasteiger partial charge in [-0.05, 0) is 81.2 Å². The van der Waals surface area contributed by atoms with Crippen LogP contribution in [0.5, 0.6) is 0 Å². The summed E-state index contributed by atoms with van der Waals surface area (Å²) in [7, 11) is 0. The lowest BCUT2D eigenvalue weighted by atomic mass is 9.95. The van der Waals surface area contributed by atoms with E-state index in [0.29, 0.717) is 0 Å². The molecule has 1 atom stereocenters. The van der Waals surface area contributed by atoms with Gasteiger partial charge in [0.15, 0.2) is 0 Å². The Morgan fingerprint density at radius 2 is 1.95 bits per heavy atom. The molecule has 0 amide bonds. The first-order valence-electron chi connectivity index (χ1n) is 7.55. The van der Waals surface area contributed by atoms with Crippen molar-refractivity contribution in [2.24, 2.45) is 5.92 Å². The number of benzene rings is 1. The van der Waals surface area contributed by atoms with Crippen LogP contribution >= 0.6 is 15.9 Å². The Morgan fingerprint density at radius 1 is 1.21 bits per heavy atom. The number of hydrogen-bond acceptors (Lipinski definition) is 1. The van der Waals surface area contributed by atoms with Crippen LogP contribution in [0.25, 0.3) is 0 Å². The molecule has 1 fully saturated rings. The van der Waals surface area contributed by atoms with Crippen LogP contribution in [-0.2, 0) is 6.42 Å². The molecule has 0 bridgehead atoms. The van der Waals surface area contributed by atoms with E-state index >= 15 is 0 Å². The topological polar surface area (TPSA) is 12.0 Å². The van der Waals surface area contributed by atoms with Crippen molar-refractivity contribution < 1.29 is 0 Å². The maximum absolute atomic E-state index is 3.61. The highest BCUT2D eigenvalue weighted by molar-refractivity contribution is 9.10. The SMILES string of the molecule is Cc1cc(CCC(C)CCNC2CC2)c(C)cc1Br. The van der Waals surface area contributed by atoms with Crippen LogP contribution in [0, 0.1) is 19.8 Å². The predicted molar refractivity (Wildman–Crippen MR) is 86.7 cm³/mol. The van der Waals surface area contributed by atoms with Crippen LogP contribution in [-0.4, -0.2) is 12.6 Å². The fourth-order valence-electron chi connectivity index (χ4n) is 2.48. The highest BCUT2D eigenvalue weighted by atomic mass is 79.9. The van der Waals surface area contributed by atoms with Crippen molar-refractivity contribution in [2.75, 3.05) is 6.54 Å². The quantitative estimate of drug-likeness (QED) is 0.761. The zero-order valence-electron chi connectivity index (χ0n) is 12.4. The van der Waals surface area contributed by atoms with E-state index in [-0.39, 0.29) is 0 Å². The van der Waals surface area contributed by atoms with E-state index in [9.17, 15) is 0 Å². The van der Waals surface area contributed by atoms with E-state index in [2.05, 4.69) is 54.2 Å². The summed E-state index contributed by atoms with van der Waals surface area (Å²) in [4.78, 5) is 0. The second-order valence-corrected chi connectivity index (χ2v) is 7.04. The summed E-state index contributed by atoms with van der Waals surface area (Å²) in [5.74, 6) is 0.814. The Labute approximate surface area is 126 Å². The summed E-state index contributed by atoms with van der Waals surface area (Å²) >= 11 is 3.61. The summed E-state index contributed by atoms with van der Waals surface area (Å²) in [6, 6.07) is 5.45. The van der Waals surface area contributed by atoms with Gasteiger partial charge in [0.25, 0.3) is 0 Å². The molecule has 0 aliphatic heterocycles. The van der Waals surface area contributed by atoms with Gasteiger partial charge in [0.2, 0.25) is 0 Å². The molecule has 1 aliphatic rings. The third kappa shape index (κ3) is 4.92. The van der Waals surface area contributed by atoms with Gasteiger partial charge in [-0.15, -0.1) is 0 Å². The second-order valence-electron chi connectivity index (χ2n) is 6.19. The first-order chi connectivity index (χ1) is 9.06. The van der Waals surface area contributed by atoms with Crippen molar-refractivity contribution in [1.82, 2.24) is 5.32 Å². The molecule has 1 N–H and O–H groups in total. The lowest BCUT2D eigenvalue weighted by Gasteiger charge is -2.14. The summed E-state index contributed by atoms with van der Waals surface area (Å²) in [5.41, 5.74) is 4.28. The molecule has 2 heteroatoms. The van der Waals surface area contributed by atoms with Crippen molar-refractivity contribution in [3.63, 3.8) is 0 Å². The summed E-state index contributed by atoms with van der Waals surface area (Å²) in [6.07, 6.45) is 6.61. The highest BCUT2D eigenvalue weighted by Gasteiger charge is 2.19. The van der Waals surface area contributed by atoms with Crippen molar-refractivity contribution in [2.45, 2.75) is 58.9 Å². The van der Waals surface area contributed by atoms with E-state index in [1.165, 1.54) is 59.8 Å². The fourth-order valence-corrected chi connectivity index (χ4v) is 2.94. The monoisotopic (exact) mass is 323 g/mol. The molecule has 0 spiro atoms. The fraction of sp³-hybridized carbons (Fsp3) is 0.647. The van der Waals surface area contributed by atoms with E-state index in [1.54, 1.807) is 0 Å². The number of halogens is 1. The molecule has 106 valence electrons. The number of aryl methyl sites for hydroxylation is 3. The van der Waals surface area contributed by atoms with Crippen LogP contribution in [0.4, 0.5) is 0 Å². The van der Waals surface area contributed by atoms with Crippen LogP contribution in [0.15, 0.2) is 16.6 Å². The lowest BCUT2D eigenvalue weighted by molar-refractivity contribution is 0.469. The molecule has 1 aromatic rings. The molecule has 0 heterocycles. The Bertz CT molecular complexity index is 424. The minimum atomic E-state index is 0.814. The first-order valence-corrected chi connectivity index (χ1v) is 8.34. The van der Waals surface area contributed by atoms with Gasteiger partial charge in [0.1, 0.15) is 0 Å². The zero-order valence-corrected chi connectivity index (χ0v) is 14.0. The molecule has 1 nitrogen and oxygen atoms in total. The van der Waals surface area contributed by atoms with Gasteiger partial charge in [0, 0.05) is 10.5 Å². The maximum atomic E-state index is 3.61. The van der Waals surface area contributed by atoms with Crippen molar-refractivity contribution >= 4 is 15.9 Å². The van der Waals surface area contributed by atoms with Gasteiger partial charge in [0.05, 0.1) is 0 Å². The zero-order chi connectivity index (χ0) is 13.8. The second kappa shape index (κ2) is 6.90. The van der Waals surface area contributed by atoms with Gasteiger partial charge in [-0.2, -0.15) is 0 Å². The Morgan fingerprint density at radius 3 is 2.63 bits per heavy atom. The Hall–Kier alpha value is -0.340. The third-order valence-corrected chi connectivity index (χ3v) is 5.03. The van der Waals surface area contributed by atoms with E-state index in [4.69, 9.17) is 0 Å². The van der Waals surface area contributed by atoms with Gasteiger partial charge >= 0.3 is 0 Å². The van der Waals surface area contributed by atoms with Crippen molar-refractivity contribution in [3.05, 3.63) is 33.3 Å². The van der Waals surface area contributed by atoms with Crippen LogP contribution < -0.4 is 5.32 Å². The minimum Gasteiger partial charge on any atom is -0.314 e. The van der Waals surface area contributed by atoms with E-state index < -0.39 is 0 Å². The Balaban J connectivity index is 1.75. The first kappa shape index (κ1) is 15.1. The summed E-state index contributed by atoms with van der Waals surface area (Å²) < 4.78 is 1.23. The van der Waals surface area contributed by atoms with E-state index in [0.717, 1.165) is 12.0 Å². The van der Waals surface area contributed by atoms with Crippen LogP contribution in [0.2, 0.25) is 0 Å². The van der Waals surface area contributed by atoms with Gasteiger partial charge < -0.3 is 5.32 Å². The number of rotatable bonds is 7. The average molecular weight is 324 g/mol. The average Bonchev–Trinajstić information content (AvgIpc) is 3.16. The minimum absolute atomic E-state index is 0.814. The summed E-state index contributed by atoms with van der Waals surface area (Å²) in [6.45, 7) is 7.98. The summed E-state index contributed by atoms with van der Waals surface area (Å²) in [5, 5.41) is 3.61. The lowest BCUT2D eigenvalue weighted by Crippen LogP contribution is -2.19. The van der Waals surface area contributed by atoms with E-state index in [1.807, 2.05) is 0 Å². The van der Waals surface area contributed by atoms with Gasteiger partial charge in [-0.25, -0.2) is 0 Å². The molecule has 1 aliphatic carbocycles. The maximum Gasteiger partial charge on any atom is 0.0207 e. The largest absolute Gasteiger partial charge is 0.314 e. The van der Waals surface area contributed by atoms with Crippen LogP contribution in [0.1, 0.15) is 49.3 Å². The molecule has 2 rings (SSSR count). The molecular formula is C17H26BrN. The number of hydrogen-bond donors (Lipinski definition) is 1. The molecule has 1 unspecified atom stereocenters. The highest BCUT2D eigenvalue weighted by Crippen LogP contribution is 2.23. The standard InChI is InChI=1S/C17H26BrN/c1-12(8-9-19-16-6-7-16)4-5-15-10-14(3)17(18)11-13(15)2/h10-12,16,19H,4-9H2,1-3H3. The van der Waals surface area contributed by atoms with Gasteiger partial charge in [-0.3, -0.25) is 0 Å². The van der Waals surface area contributed by atoms with Gasteiger partial charge in [-0.1, -0.05) is 28.9 Å².